The number of hydrogen-bond donors (Lipinski definition) is 1. The largest absolute Gasteiger partial charge is 0.493 e. The first-order valence-electron chi connectivity index (χ1n) is 7.58. The molecule has 0 saturated carbocycles. The van der Waals surface area contributed by atoms with Crippen LogP contribution in [0.25, 0.3) is 0 Å². The Kier molecular flexibility index (Phi) is 6.58. The molecule has 2 rings (SSSR count). The summed E-state index contributed by atoms with van der Waals surface area (Å²) in [5, 5.41) is 12.9. The van der Waals surface area contributed by atoms with E-state index in [0.29, 0.717) is 36.9 Å². The summed E-state index contributed by atoms with van der Waals surface area (Å²) in [6, 6.07) is 12.6. The van der Waals surface area contributed by atoms with Crippen molar-refractivity contribution in [3.63, 3.8) is 0 Å². The van der Waals surface area contributed by atoms with E-state index in [0.717, 1.165) is 0 Å². The van der Waals surface area contributed by atoms with Crippen LogP contribution in [0, 0.1) is 10.1 Å². The van der Waals surface area contributed by atoms with Crippen molar-refractivity contribution in [2.75, 3.05) is 20.3 Å². The van der Waals surface area contributed by atoms with Gasteiger partial charge in [0, 0.05) is 31.7 Å². The van der Waals surface area contributed by atoms with E-state index in [2.05, 4.69) is 5.32 Å². The zero-order chi connectivity index (χ0) is 18.1. The summed E-state index contributed by atoms with van der Waals surface area (Å²) < 4.78 is 16.1. The highest BCUT2D eigenvalue weighted by Crippen LogP contribution is 2.20. The van der Waals surface area contributed by atoms with E-state index < -0.39 is 11.0 Å². The summed E-state index contributed by atoms with van der Waals surface area (Å²) in [4.78, 5) is 21.3. The standard InChI is InChI=1S/C17H18N2O6/c1-18-17(20)25-16-5-2-4-15(12-16)24-11-3-10-23-14-8-6-13(7-9-14)19(21)22/h2,4-9,12H,3,10-11H2,1H3,(H,18,20). The summed E-state index contributed by atoms with van der Waals surface area (Å²) in [5.41, 5.74) is 0.0227. The first-order valence-corrected chi connectivity index (χ1v) is 7.58. The number of carbonyl (C=O) groups excluding carboxylic acids is 1. The molecule has 0 radical (unpaired) electrons. The second-order valence-corrected chi connectivity index (χ2v) is 4.92. The SMILES string of the molecule is CNC(=O)Oc1cccc(OCCCOc2ccc([N+](=O)[O-])cc2)c1. The highest BCUT2D eigenvalue weighted by Gasteiger charge is 2.05. The van der Waals surface area contributed by atoms with Gasteiger partial charge in [-0.25, -0.2) is 4.79 Å². The van der Waals surface area contributed by atoms with Crippen LogP contribution >= 0.6 is 0 Å². The molecular weight excluding hydrogens is 328 g/mol. The van der Waals surface area contributed by atoms with E-state index in [1.54, 1.807) is 36.4 Å². The van der Waals surface area contributed by atoms with Crippen molar-refractivity contribution in [3.05, 3.63) is 58.6 Å². The Balaban J connectivity index is 1.71. The Morgan fingerprint density at radius 3 is 2.32 bits per heavy atom. The Hall–Kier alpha value is -3.29. The van der Waals surface area contributed by atoms with Crippen LogP contribution < -0.4 is 19.5 Å². The van der Waals surface area contributed by atoms with Gasteiger partial charge in [-0.15, -0.1) is 0 Å². The lowest BCUT2D eigenvalue weighted by atomic mass is 10.3. The molecule has 2 aromatic carbocycles. The van der Waals surface area contributed by atoms with Crippen molar-refractivity contribution in [1.82, 2.24) is 5.32 Å². The van der Waals surface area contributed by atoms with E-state index in [-0.39, 0.29) is 5.69 Å². The molecule has 0 atom stereocenters. The first kappa shape index (κ1) is 18.1. The molecular formula is C17H18N2O6. The molecule has 25 heavy (non-hydrogen) atoms. The molecule has 8 nitrogen and oxygen atoms in total. The van der Waals surface area contributed by atoms with E-state index in [1.165, 1.54) is 19.2 Å². The van der Waals surface area contributed by atoms with Crippen LogP contribution in [0.15, 0.2) is 48.5 Å². The van der Waals surface area contributed by atoms with E-state index in [9.17, 15) is 14.9 Å². The van der Waals surface area contributed by atoms with Crippen LogP contribution in [-0.4, -0.2) is 31.3 Å². The third-order valence-electron chi connectivity index (χ3n) is 3.09. The fourth-order valence-corrected chi connectivity index (χ4v) is 1.89. The number of nitro groups is 1. The van der Waals surface area contributed by atoms with Crippen LogP contribution in [0.5, 0.6) is 17.2 Å². The second-order valence-electron chi connectivity index (χ2n) is 4.92. The number of rotatable bonds is 8. The average Bonchev–Trinajstić information content (AvgIpc) is 2.62. The number of amides is 1. The molecule has 0 aliphatic heterocycles. The molecule has 0 aromatic heterocycles. The van der Waals surface area contributed by atoms with Gasteiger partial charge in [0.1, 0.15) is 17.2 Å². The third kappa shape index (κ3) is 6.02. The zero-order valence-electron chi connectivity index (χ0n) is 13.6. The normalized spacial score (nSPS) is 9.96. The monoisotopic (exact) mass is 346 g/mol. The minimum absolute atomic E-state index is 0.0227. The fourth-order valence-electron chi connectivity index (χ4n) is 1.89. The van der Waals surface area contributed by atoms with Crippen LogP contribution in [0.2, 0.25) is 0 Å². The number of nitrogens with zero attached hydrogens (tertiary/aromatic N) is 1. The maximum absolute atomic E-state index is 11.2. The number of non-ortho nitro benzene ring substituents is 1. The molecule has 0 heterocycles. The highest BCUT2D eigenvalue weighted by atomic mass is 16.6. The van der Waals surface area contributed by atoms with Gasteiger partial charge in [0.25, 0.3) is 5.69 Å². The van der Waals surface area contributed by atoms with Gasteiger partial charge in [0.05, 0.1) is 18.1 Å². The highest BCUT2D eigenvalue weighted by molar-refractivity contribution is 5.70. The maximum Gasteiger partial charge on any atom is 0.412 e. The molecule has 132 valence electrons. The van der Waals surface area contributed by atoms with Crippen LogP contribution in [0.3, 0.4) is 0 Å². The lowest BCUT2D eigenvalue weighted by molar-refractivity contribution is -0.384. The van der Waals surface area contributed by atoms with Crippen molar-refractivity contribution in [3.8, 4) is 17.2 Å². The van der Waals surface area contributed by atoms with Gasteiger partial charge in [-0.3, -0.25) is 10.1 Å². The van der Waals surface area contributed by atoms with Gasteiger partial charge in [-0.05, 0) is 24.3 Å². The quantitative estimate of drug-likeness (QED) is 0.448. The smallest absolute Gasteiger partial charge is 0.412 e. The molecule has 0 spiro atoms. The summed E-state index contributed by atoms with van der Waals surface area (Å²) in [6.45, 7) is 0.822. The Morgan fingerprint density at radius 1 is 1.04 bits per heavy atom. The number of benzene rings is 2. The first-order chi connectivity index (χ1) is 12.1. The summed E-state index contributed by atoms with van der Waals surface area (Å²) >= 11 is 0. The van der Waals surface area contributed by atoms with E-state index in [1.807, 2.05) is 0 Å². The Morgan fingerprint density at radius 2 is 1.68 bits per heavy atom. The maximum atomic E-state index is 11.2. The minimum Gasteiger partial charge on any atom is -0.493 e. The van der Waals surface area contributed by atoms with E-state index in [4.69, 9.17) is 14.2 Å². The number of hydrogen-bond acceptors (Lipinski definition) is 6. The van der Waals surface area contributed by atoms with Crippen molar-refractivity contribution < 1.29 is 23.9 Å². The van der Waals surface area contributed by atoms with Crippen molar-refractivity contribution in [1.29, 1.82) is 0 Å². The summed E-state index contributed by atoms with van der Waals surface area (Å²) in [6.07, 6.45) is 0.0750. The van der Waals surface area contributed by atoms with Gasteiger partial charge in [0.15, 0.2) is 0 Å². The second kappa shape index (κ2) is 9.11. The number of nitro benzene ring substituents is 1. The molecule has 1 amide bonds. The molecule has 0 bridgehead atoms. The molecule has 2 aromatic rings. The van der Waals surface area contributed by atoms with Crippen LogP contribution in [0.4, 0.5) is 10.5 Å². The molecule has 8 heteroatoms. The molecule has 0 unspecified atom stereocenters. The predicted octanol–water partition coefficient (Wildman–Crippen LogP) is 3.16. The number of ether oxygens (including phenoxy) is 3. The van der Waals surface area contributed by atoms with Crippen LogP contribution in [0.1, 0.15) is 6.42 Å². The van der Waals surface area contributed by atoms with Gasteiger partial charge >= 0.3 is 6.09 Å². The zero-order valence-corrected chi connectivity index (χ0v) is 13.6. The molecule has 1 N–H and O–H groups in total. The summed E-state index contributed by atoms with van der Waals surface area (Å²) in [7, 11) is 1.48. The van der Waals surface area contributed by atoms with Crippen molar-refractivity contribution in [2.24, 2.45) is 0 Å². The average molecular weight is 346 g/mol. The number of nitrogens with one attached hydrogen (secondary N) is 1. The third-order valence-corrected chi connectivity index (χ3v) is 3.09. The summed E-state index contributed by atoms with van der Waals surface area (Å²) in [5.74, 6) is 1.53. The number of carbonyl (C=O) groups is 1. The lowest BCUT2D eigenvalue weighted by Gasteiger charge is -2.09. The van der Waals surface area contributed by atoms with Gasteiger partial charge in [-0.2, -0.15) is 0 Å². The Bertz CT molecular complexity index is 717. The Labute approximate surface area is 144 Å². The van der Waals surface area contributed by atoms with E-state index >= 15 is 0 Å². The molecule has 0 saturated heterocycles. The minimum atomic E-state index is -0.548. The van der Waals surface area contributed by atoms with Gasteiger partial charge < -0.3 is 19.5 Å². The lowest BCUT2D eigenvalue weighted by Crippen LogP contribution is -2.21. The van der Waals surface area contributed by atoms with Gasteiger partial charge in [0.2, 0.25) is 0 Å². The van der Waals surface area contributed by atoms with Crippen molar-refractivity contribution >= 4 is 11.8 Å². The van der Waals surface area contributed by atoms with Gasteiger partial charge in [-0.1, -0.05) is 6.07 Å². The van der Waals surface area contributed by atoms with Crippen molar-refractivity contribution in [2.45, 2.75) is 6.42 Å². The molecule has 0 aliphatic carbocycles. The molecule has 0 fully saturated rings. The van der Waals surface area contributed by atoms with Crippen LogP contribution in [-0.2, 0) is 0 Å². The topological polar surface area (TPSA) is 99.9 Å². The predicted molar refractivity (Wildman–Crippen MR) is 90.2 cm³/mol. The molecule has 0 aliphatic rings. The fraction of sp³-hybridized carbons (Fsp3) is 0.235.